The molecule has 1 fully saturated rings. The molecular formula is C10H21N7. The summed E-state index contributed by atoms with van der Waals surface area (Å²) < 4.78 is 1.73. The minimum atomic E-state index is 0.771. The Bertz CT molecular complexity index is 337. The van der Waals surface area contributed by atoms with Crippen LogP contribution in [-0.4, -0.2) is 64.4 Å². The summed E-state index contributed by atoms with van der Waals surface area (Å²) in [5, 5.41) is 11.6. The molecule has 0 amide bonds. The molecule has 1 saturated heterocycles. The molecule has 7 heteroatoms. The molecule has 0 aliphatic carbocycles. The maximum absolute atomic E-state index is 5.54. The van der Waals surface area contributed by atoms with Crippen molar-refractivity contribution in [2.24, 2.45) is 12.8 Å². The molecule has 2 N–H and O–H groups in total. The Balaban J connectivity index is 1.90. The molecule has 0 aromatic carbocycles. The minimum absolute atomic E-state index is 0.771. The third-order valence-corrected chi connectivity index (χ3v) is 3.15. The van der Waals surface area contributed by atoms with Crippen molar-refractivity contribution in [1.82, 2.24) is 25.1 Å². The maximum Gasteiger partial charge on any atom is 0.245 e. The Kier molecular flexibility index (Phi) is 4.27. The van der Waals surface area contributed by atoms with Gasteiger partial charge in [-0.05, 0) is 42.9 Å². The molecule has 0 unspecified atom stereocenters. The quantitative estimate of drug-likeness (QED) is 0.731. The smallest absolute Gasteiger partial charge is 0.245 e. The highest BCUT2D eigenvalue weighted by molar-refractivity contribution is 5.27. The predicted molar refractivity (Wildman–Crippen MR) is 65.7 cm³/mol. The third-order valence-electron chi connectivity index (χ3n) is 3.15. The predicted octanol–water partition coefficient (Wildman–Crippen LogP) is -0.929. The fraction of sp³-hybridized carbons (Fsp3) is 0.900. The van der Waals surface area contributed by atoms with Crippen molar-refractivity contribution in [2.45, 2.75) is 12.8 Å². The van der Waals surface area contributed by atoms with Gasteiger partial charge in [0.05, 0.1) is 0 Å². The molecule has 0 atom stereocenters. The number of rotatable bonds is 4. The molecule has 7 nitrogen and oxygen atoms in total. The molecule has 1 aromatic heterocycles. The van der Waals surface area contributed by atoms with Gasteiger partial charge in [-0.3, -0.25) is 0 Å². The van der Waals surface area contributed by atoms with Crippen molar-refractivity contribution in [2.75, 3.05) is 44.2 Å². The van der Waals surface area contributed by atoms with Crippen LogP contribution >= 0.6 is 0 Å². The van der Waals surface area contributed by atoms with E-state index in [9.17, 15) is 0 Å². The number of aromatic nitrogens is 4. The van der Waals surface area contributed by atoms with Gasteiger partial charge in [0.15, 0.2) is 0 Å². The van der Waals surface area contributed by atoms with Crippen LogP contribution in [0.3, 0.4) is 0 Å². The molecule has 1 aromatic rings. The average Bonchev–Trinajstić information content (AvgIpc) is 2.63. The van der Waals surface area contributed by atoms with Crippen molar-refractivity contribution in [1.29, 1.82) is 0 Å². The lowest BCUT2D eigenvalue weighted by Crippen LogP contribution is -2.33. The lowest BCUT2D eigenvalue weighted by molar-refractivity contribution is 0.291. The number of aryl methyl sites for hydroxylation is 1. The van der Waals surface area contributed by atoms with Gasteiger partial charge in [0.1, 0.15) is 0 Å². The Labute approximate surface area is 102 Å². The molecule has 96 valence electrons. The van der Waals surface area contributed by atoms with E-state index in [-0.39, 0.29) is 0 Å². The van der Waals surface area contributed by atoms with Crippen LogP contribution in [-0.2, 0) is 7.05 Å². The summed E-state index contributed by atoms with van der Waals surface area (Å²) in [7, 11) is 1.88. The molecule has 0 radical (unpaired) electrons. The zero-order valence-corrected chi connectivity index (χ0v) is 10.4. The monoisotopic (exact) mass is 239 g/mol. The zero-order chi connectivity index (χ0) is 12.1. The first kappa shape index (κ1) is 12.3. The first-order chi connectivity index (χ1) is 8.31. The maximum atomic E-state index is 5.54. The first-order valence-electron chi connectivity index (χ1n) is 6.21. The van der Waals surface area contributed by atoms with E-state index in [1.54, 1.807) is 4.68 Å². The van der Waals surface area contributed by atoms with Crippen LogP contribution in [0.1, 0.15) is 12.8 Å². The van der Waals surface area contributed by atoms with E-state index in [0.29, 0.717) is 0 Å². The van der Waals surface area contributed by atoms with Crippen molar-refractivity contribution in [3.8, 4) is 0 Å². The molecule has 1 aliphatic rings. The average molecular weight is 239 g/mol. The number of anilines is 1. The van der Waals surface area contributed by atoms with Crippen LogP contribution in [0.5, 0.6) is 0 Å². The van der Waals surface area contributed by atoms with E-state index in [2.05, 4.69) is 25.3 Å². The van der Waals surface area contributed by atoms with Crippen LogP contribution in [0.15, 0.2) is 0 Å². The minimum Gasteiger partial charge on any atom is -0.338 e. The normalized spacial score (nSPS) is 18.4. The van der Waals surface area contributed by atoms with Gasteiger partial charge in [0.2, 0.25) is 5.95 Å². The number of nitrogens with zero attached hydrogens (tertiary/aromatic N) is 6. The van der Waals surface area contributed by atoms with Gasteiger partial charge in [-0.15, -0.1) is 0 Å². The first-order valence-corrected chi connectivity index (χ1v) is 6.21. The number of hydrogen-bond donors (Lipinski definition) is 1. The molecule has 17 heavy (non-hydrogen) atoms. The van der Waals surface area contributed by atoms with E-state index < -0.39 is 0 Å². The largest absolute Gasteiger partial charge is 0.338 e. The summed E-state index contributed by atoms with van der Waals surface area (Å²) in [6, 6.07) is 0. The van der Waals surface area contributed by atoms with Crippen LogP contribution in [0.25, 0.3) is 0 Å². The Morgan fingerprint density at radius 2 is 2.12 bits per heavy atom. The van der Waals surface area contributed by atoms with Gasteiger partial charge in [0.25, 0.3) is 0 Å². The second-order valence-electron chi connectivity index (χ2n) is 4.43. The summed E-state index contributed by atoms with van der Waals surface area (Å²) in [6.07, 6.45) is 2.23. The Hall–Kier alpha value is -1.21. The van der Waals surface area contributed by atoms with Crippen molar-refractivity contribution < 1.29 is 0 Å². The fourth-order valence-electron chi connectivity index (χ4n) is 2.20. The lowest BCUT2D eigenvalue weighted by Gasteiger charge is -2.21. The molecular weight excluding hydrogens is 218 g/mol. The van der Waals surface area contributed by atoms with Crippen LogP contribution < -0.4 is 10.6 Å². The molecule has 2 rings (SSSR count). The molecule has 0 bridgehead atoms. The standard InChI is InChI=1S/C10H21N7/c1-15-10(12-13-14-15)17-7-3-6-16(8-9-17)5-2-4-11/h2-9,11H2,1H3. The number of nitrogens with two attached hydrogens (primary N) is 1. The third kappa shape index (κ3) is 3.13. The summed E-state index contributed by atoms with van der Waals surface area (Å²) in [6.45, 7) is 6.08. The van der Waals surface area contributed by atoms with E-state index in [4.69, 9.17) is 5.73 Å². The van der Waals surface area contributed by atoms with Gasteiger partial charge in [0, 0.05) is 26.7 Å². The highest BCUT2D eigenvalue weighted by Crippen LogP contribution is 2.11. The van der Waals surface area contributed by atoms with Crippen LogP contribution in [0.2, 0.25) is 0 Å². The van der Waals surface area contributed by atoms with E-state index in [1.807, 2.05) is 7.05 Å². The molecule has 1 aliphatic heterocycles. The second-order valence-corrected chi connectivity index (χ2v) is 4.43. The SMILES string of the molecule is Cn1nnnc1N1CCCN(CCCN)CC1. The van der Waals surface area contributed by atoms with E-state index in [0.717, 1.165) is 58.1 Å². The molecule has 0 spiro atoms. The topological polar surface area (TPSA) is 76.1 Å². The molecule has 2 heterocycles. The highest BCUT2D eigenvalue weighted by atomic mass is 15.6. The van der Waals surface area contributed by atoms with Crippen molar-refractivity contribution >= 4 is 5.95 Å². The Morgan fingerprint density at radius 3 is 2.82 bits per heavy atom. The van der Waals surface area contributed by atoms with E-state index in [1.165, 1.54) is 0 Å². The van der Waals surface area contributed by atoms with Gasteiger partial charge in [-0.2, -0.15) is 0 Å². The number of tetrazole rings is 1. The highest BCUT2D eigenvalue weighted by Gasteiger charge is 2.18. The second kappa shape index (κ2) is 5.92. The lowest BCUT2D eigenvalue weighted by atomic mass is 10.3. The van der Waals surface area contributed by atoms with Gasteiger partial charge in [-0.25, -0.2) is 4.68 Å². The number of hydrogen-bond acceptors (Lipinski definition) is 6. The molecule has 0 saturated carbocycles. The van der Waals surface area contributed by atoms with Crippen molar-refractivity contribution in [3.05, 3.63) is 0 Å². The summed E-state index contributed by atoms with van der Waals surface area (Å²) in [4.78, 5) is 4.72. The van der Waals surface area contributed by atoms with Crippen LogP contribution in [0, 0.1) is 0 Å². The van der Waals surface area contributed by atoms with Gasteiger partial charge in [-0.1, -0.05) is 5.10 Å². The van der Waals surface area contributed by atoms with Gasteiger partial charge >= 0.3 is 0 Å². The summed E-state index contributed by atoms with van der Waals surface area (Å²) in [5.74, 6) is 0.866. The summed E-state index contributed by atoms with van der Waals surface area (Å²) in [5.41, 5.74) is 5.54. The van der Waals surface area contributed by atoms with E-state index >= 15 is 0 Å². The Morgan fingerprint density at radius 1 is 1.24 bits per heavy atom. The fourth-order valence-corrected chi connectivity index (χ4v) is 2.20. The van der Waals surface area contributed by atoms with Crippen LogP contribution in [0.4, 0.5) is 5.95 Å². The van der Waals surface area contributed by atoms with Gasteiger partial charge < -0.3 is 15.5 Å². The summed E-state index contributed by atoms with van der Waals surface area (Å²) >= 11 is 0. The zero-order valence-electron chi connectivity index (χ0n) is 10.4. The van der Waals surface area contributed by atoms with Crippen molar-refractivity contribution in [3.63, 3.8) is 0 Å².